The summed E-state index contributed by atoms with van der Waals surface area (Å²) in [5.74, 6) is 2.08. The molecular formula is C23H25NO4. The Balaban J connectivity index is 1.51. The summed E-state index contributed by atoms with van der Waals surface area (Å²) in [5, 5.41) is 4.97. The molecule has 3 aromatic rings. The van der Waals surface area contributed by atoms with Gasteiger partial charge in [-0.05, 0) is 42.1 Å². The molecule has 0 aromatic heterocycles. The molecule has 146 valence electrons. The lowest BCUT2D eigenvalue weighted by molar-refractivity contribution is -0.128. The minimum absolute atomic E-state index is 0.145. The summed E-state index contributed by atoms with van der Waals surface area (Å²) in [4.78, 5) is 12.5. The van der Waals surface area contributed by atoms with E-state index in [1.165, 1.54) is 0 Å². The van der Waals surface area contributed by atoms with Gasteiger partial charge in [0, 0.05) is 5.39 Å². The molecule has 0 bridgehead atoms. The maximum atomic E-state index is 12.5. The van der Waals surface area contributed by atoms with Crippen molar-refractivity contribution >= 4 is 16.7 Å². The molecule has 1 N–H and O–H groups in total. The largest absolute Gasteiger partial charge is 0.497 e. The third-order valence-corrected chi connectivity index (χ3v) is 4.41. The molecule has 0 spiro atoms. The van der Waals surface area contributed by atoms with Gasteiger partial charge >= 0.3 is 0 Å². The topological polar surface area (TPSA) is 56.8 Å². The van der Waals surface area contributed by atoms with E-state index in [1.54, 1.807) is 7.11 Å². The number of carbonyl (C=O) groups is 1. The predicted molar refractivity (Wildman–Crippen MR) is 110 cm³/mol. The maximum absolute atomic E-state index is 12.5. The van der Waals surface area contributed by atoms with Gasteiger partial charge in [0.2, 0.25) is 0 Å². The monoisotopic (exact) mass is 379 g/mol. The van der Waals surface area contributed by atoms with Gasteiger partial charge in [-0.2, -0.15) is 0 Å². The van der Waals surface area contributed by atoms with Crippen molar-refractivity contribution in [1.82, 2.24) is 5.32 Å². The Labute approximate surface area is 165 Å². The molecule has 0 heterocycles. The molecular weight excluding hydrogens is 354 g/mol. The quantitative estimate of drug-likeness (QED) is 0.566. The molecule has 3 rings (SSSR count). The van der Waals surface area contributed by atoms with Crippen LogP contribution in [0, 0.1) is 0 Å². The first kappa shape index (κ1) is 19.5. The number of hydrogen-bond donors (Lipinski definition) is 1. The molecule has 1 amide bonds. The lowest BCUT2D eigenvalue weighted by Gasteiger charge is -2.18. The van der Waals surface area contributed by atoms with E-state index in [0.29, 0.717) is 19.6 Å². The molecule has 0 saturated heterocycles. The summed E-state index contributed by atoms with van der Waals surface area (Å²) in [6.07, 6.45) is 0.0285. The second-order valence-electron chi connectivity index (χ2n) is 6.31. The number of amides is 1. The first-order valence-electron chi connectivity index (χ1n) is 9.40. The fourth-order valence-corrected chi connectivity index (χ4v) is 2.90. The Morgan fingerprint density at radius 3 is 2.43 bits per heavy atom. The van der Waals surface area contributed by atoms with Crippen molar-refractivity contribution in [2.75, 3.05) is 20.3 Å². The SMILES string of the molecule is CC[C@H](Oc1cccc2ccccc12)C(=O)NCCOc1ccc(OC)cc1. The van der Waals surface area contributed by atoms with Gasteiger partial charge in [-0.1, -0.05) is 43.3 Å². The van der Waals surface area contributed by atoms with Crippen molar-refractivity contribution in [3.8, 4) is 17.2 Å². The van der Waals surface area contributed by atoms with E-state index in [-0.39, 0.29) is 5.91 Å². The molecule has 5 heteroatoms. The fourth-order valence-electron chi connectivity index (χ4n) is 2.90. The van der Waals surface area contributed by atoms with Gasteiger partial charge < -0.3 is 19.5 Å². The summed E-state index contributed by atoms with van der Waals surface area (Å²) in [6, 6.07) is 21.2. The Morgan fingerprint density at radius 2 is 1.68 bits per heavy atom. The zero-order valence-corrected chi connectivity index (χ0v) is 16.2. The van der Waals surface area contributed by atoms with Crippen LogP contribution in [-0.4, -0.2) is 32.3 Å². The number of rotatable bonds is 9. The van der Waals surface area contributed by atoms with Crippen LogP contribution in [0.3, 0.4) is 0 Å². The lowest BCUT2D eigenvalue weighted by Crippen LogP contribution is -2.39. The van der Waals surface area contributed by atoms with Crippen LogP contribution in [0.4, 0.5) is 0 Å². The predicted octanol–water partition coefficient (Wildman–Crippen LogP) is 4.20. The zero-order chi connectivity index (χ0) is 19.8. The first-order valence-corrected chi connectivity index (χ1v) is 9.40. The highest BCUT2D eigenvalue weighted by atomic mass is 16.5. The van der Waals surface area contributed by atoms with Gasteiger partial charge in [-0.3, -0.25) is 4.79 Å². The smallest absolute Gasteiger partial charge is 0.261 e. The second kappa shape index (κ2) is 9.65. The molecule has 3 aromatic carbocycles. The highest BCUT2D eigenvalue weighted by molar-refractivity contribution is 5.89. The number of ether oxygens (including phenoxy) is 3. The van der Waals surface area contributed by atoms with E-state index in [1.807, 2.05) is 73.7 Å². The third kappa shape index (κ3) is 4.94. The highest BCUT2D eigenvalue weighted by Gasteiger charge is 2.18. The molecule has 28 heavy (non-hydrogen) atoms. The molecule has 0 fully saturated rings. The number of carbonyl (C=O) groups excluding carboxylic acids is 1. The Bertz CT molecular complexity index is 903. The van der Waals surface area contributed by atoms with Crippen LogP contribution in [0.5, 0.6) is 17.2 Å². The van der Waals surface area contributed by atoms with Crippen LogP contribution in [-0.2, 0) is 4.79 Å². The van der Waals surface area contributed by atoms with Crippen LogP contribution >= 0.6 is 0 Å². The van der Waals surface area contributed by atoms with Crippen LogP contribution in [0.2, 0.25) is 0 Å². The maximum Gasteiger partial charge on any atom is 0.261 e. The molecule has 0 aliphatic heterocycles. The van der Waals surface area contributed by atoms with Crippen LogP contribution < -0.4 is 19.5 Å². The summed E-state index contributed by atoms with van der Waals surface area (Å²) in [6.45, 7) is 2.71. The van der Waals surface area contributed by atoms with Crippen LogP contribution in [0.1, 0.15) is 13.3 Å². The van der Waals surface area contributed by atoms with E-state index >= 15 is 0 Å². The van der Waals surface area contributed by atoms with Gasteiger partial charge in [-0.15, -0.1) is 0 Å². The van der Waals surface area contributed by atoms with Crippen molar-refractivity contribution in [2.45, 2.75) is 19.4 Å². The minimum Gasteiger partial charge on any atom is -0.497 e. The summed E-state index contributed by atoms with van der Waals surface area (Å²) in [5.41, 5.74) is 0. The summed E-state index contributed by atoms with van der Waals surface area (Å²) >= 11 is 0. The molecule has 5 nitrogen and oxygen atoms in total. The number of nitrogens with one attached hydrogen (secondary N) is 1. The van der Waals surface area contributed by atoms with Gasteiger partial charge in [0.1, 0.15) is 23.9 Å². The van der Waals surface area contributed by atoms with Gasteiger partial charge in [0.05, 0.1) is 13.7 Å². The third-order valence-electron chi connectivity index (χ3n) is 4.41. The molecule has 0 unspecified atom stereocenters. The van der Waals surface area contributed by atoms with Crippen molar-refractivity contribution in [3.63, 3.8) is 0 Å². The molecule has 1 atom stereocenters. The van der Waals surface area contributed by atoms with Crippen LogP contribution in [0.15, 0.2) is 66.7 Å². The number of benzene rings is 3. The lowest BCUT2D eigenvalue weighted by atomic mass is 10.1. The number of hydrogen-bond acceptors (Lipinski definition) is 4. The summed E-state index contributed by atoms with van der Waals surface area (Å²) < 4.78 is 16.8. The second-order valence-corrected chi connectivity index (χ2v) is 6.31. The number of methoxy groups -OCH3 is 1. The van der Waals surface area contributed by atoms with Crippen molar-refractivity contribution < 1.29 is 19.0 Å². The van der Waals surface area contributed by atoms with Gasteiger partial charge in [0.15, 0.2) is 6.10 Å². The standard InChI is InChI=1S/C23H25NO4/c1-3-21(28-22-10-6-8-17-7-4-5-9-20(17)22)23(25)24-15-16-27-19-13-11-18(26-2)12-14-19/h4-14,21H,3,15-16H2,1-2H3,(H,24,25)/t21-/m0/s1. The Hall–Kier alpha value is -3.21. The zero-order valence-electron chi connectivity index (χ0n) is 16.2. The average Bonchev–Trinajstić information content (AvgIpc) is 2.75. The van der Waals surface area contributed by atoms with Crippen molar-refractivity contribution in [2.24, 2.45) is 0 Å². The normalized spacial score (nSPS) is 11.6. The van der Waals surface area contributed by atoms with Gasteiger partial charge in [-0.25, -0.2) is 0 Å². The van der Waals surface area contributed by atoms with Gasteiger partial charge in [0.25, 0.3) is 5.91 Å². The minimum atomic E-state index is -0.549. The van der Waals surface area contributed by atoms with E-state index in [9.17, 15) is 4.79 Å². The average molecular weight is 379 g/mol. The fraction of sp³-hybridized carbons (Fsp3) is 0.261. The van der Waals surface area contributed by atoms with Crippen molar-refractivity contribution in [1.29, 1.82) is 0 Å². The Morgan fingerprint density at radius 1 is 0.964 bits per heavy atom. The molecule has 0 radical (unpaired) electrons. The highest BCUT2D eigenvalue weighted by Crippen LogP contribution is 2.26. The van der Waals surface area contributed by atoms with E-state index in [2.05, 4.69) is 5.32 Å². The number of fused-ring (bicyclic) bond motifs is 1. The van der Waals surface area contributed by atoms with Crippen molar-refractivity contribution in [3.05, 3.63) is 66.7 Å². The first-order chi connectivity index (χ1) is 13.7. The van der Waals surface area contributed by atoms with E-state index in [0.717, 1.165) is 28.0 Å². The van der Waals surface area contributed by atoms with Crippen LogP contribution in [0.25, 0.3) is 10.8 Å². The Kier molecular flexibility index (Phi) is 6.73. The molecule has 0 saturated carbocycles. The molecule has 0 aliphatic carbocycles. The van der Waals surface area contributed by atoms with E-state index < -0.39 is 6.10 Å². The molecule has 0 aliphatic rings. The summed E-state index contributed by atoms with van der Waals surface area (Å²) in [7, 11) is 1.62. The van der Waals surface area contributed by atoms with E-state index in [4.69, 9.17) is 14.2 Å².